The molecule has 2 aromatic rings. The molecule has 2 nitrogen and oxygen atoms in total. The Balaban J connectivity index is 2.03. The summed E-state index contributed by atoms with van der Waals surface area (Å²) in [5.41, 5.74) is 2.41. The fraction of sp³-hybridized carbons (Fsp3) is 0.438. The Kier molecular flexibility index (Phi) is 4.71. The van der Waals surface area contributed by atoms with Crippen molar-refractivity contribution in [3.63, 3.8) is 0 Å². The van der Waals surface area contributed by atoms with E-state index in [9.17, 15) is 0 Å². The predicted octanol–water partition coefficient (Wildman–Crippen LogP) is 3.76. The molecule has 1 aromatic heterocycles. The van der Waals surface area contributed by atoms with Crippen LogP contribution >= 0.6 is 0 Å². The standard InChI is InChI=1S/C16H22N2/c1-3-13(4-2)11-17-12-15-8-5-7-14-9-6-10-18-16(14)15/h5-10,13,17H,3-4,11-12H2,1-2H3. The Labute approximate surface area is 109 Å². The van der Waals surface area contributed by atoms with Crippen LogP contribution in [0.5, 0.6) is 0 Å². The average molecular weight is 242 g/mol. The molecule has 0 saturated carbocycles. The van der Waals surface area contributed by atoms with Gasteiger partial charge in [-0.1, -0.05) is 51.0 Å². The molecule has 0 saturated heterocycles. The Morgan fingerprint density at radius 2 is 1.89 bits per heavy atom. The number of nitrogens with one attached hydrogen (secondary N) is 1. The summed E-state index contributed by atoms with van der Waals surface area (Å²) in [6.07, 6.45) is 4.36. The maximum Gasteiger partial charge on any atom is 0.0746 e. The summed E-state index contributed by atoms with van der Waals surface area (Å²) in [5, 5.41) is 4.78. The summed E-state index contributed by atoms with van der Waals surface area (Å²) in [7, 11) is 0. The minimum atomic E-state index is 0.785. The van der Waals surface area contributed by atoms with Crippen LogP contribution in [0.1, 0.15) is 32.3 Å². The summed E-state index contributed by atoms with van der Waals surface area (Å²) >= 11 is 0. The maximum atomic E-state index is 4.48. The van der Waals surface area contributed by atoms with Crippen molar-refractivity contribution in [3.8, 4) is 0 Å². The van der Waals surface area contributed by atoms with Gasteiger partial charge in [-0.25, -0.2) is 0 Å². The number of fused-ring (bicyclic) bond motifs is 1. The van der Waals surface area contributed by atoms with Gasteiger partial charge in [-0.05, 0) is 24.1 Å². The number of para-hydroxylation sites is 1. The van der Waals surface area contributed by atoms with E-state index in [1.165, 1.54) is 23.8 Å². The molecule has 0 aliphatic heterocycles. The van der Waals surface area contributed by atoms with Crippen molar-refractivity contribution < 1.29 is 0 Å². The van der Waals surface area contributed by atoms with Crippen LogP contribution in [0.3, 0.4) is 0 Å². The lowest BCUT2D eigenvalue weighted by molar-refractivity contribution is 0.450. The summed E-state index contributed by atoms with van der Waals surface area (Å²) < 4.78 is 0. The van der Waals surface area contributed by atoms with Crippen molar-refractivity contribution in [3.05, 3.63) is 42.1 Å². The second-order valence-electron chi connectivity index (χ2n) is 4.81. The highest BCUT2D eigenvalue weighted by molar-refractivity contribution is 5.81. The lowest BCUT2D eigenvalue weighted by Crippen LogP contribution is -2.21. The quantitative estimate of drug-likeness (QED) is 0.834. The Hall–Kier alpha value is -1.41. The van der Waals surface area contributed by atoms with E-state index in [0.717, 1.165) is 24.5 Å². The van der Waals surface area contributed by atoms with Crippen LogP contribution in [0.15, 0.2) is 36.5 Å². The van der Waals surface area contributed by atoms with Crippen LogP contribution in [0.2, 0.25) is 0 Å². The third kappa shape index (κ3) is 3.08. The molecule has 2 rings (SSSR count). The molecule has 0 aliphatic carbocycles. The van der Waals surface area contributed by atoms with Crippen molar-refractivity contribution >= 4 is 10.9 Å². The van der Waals surface area contributed by atoms with Crippen molar-refractivity contribution in [2.75, 3.05) is 6.54 Å². The predicted molar refractivity (Wildman–Crippen MR) is 77.5 cm³/mol. The highest BCUT2D eigenvalue weighted by atomic mass is 14.9. The van der Waals surface area contributed by atoms with Crippen LogP contribution in [0, 0.1) is 5.92 Å². The first-order valence-corrected chi connectivity index (χ1v) is 6.88. The third-order valence-corrected chi connectivity index (χ3v) is 3.62. The van der Waals surface area contributed by atoms with Gasteiger partial charge in [-0.15, -0.1) is 0 Å². The summed E-state index contributed by atoms with van der Waals surface area (Å²) in [4.78, 5) is 4.48. The van der Waals surface area contributed by atoms with Gasteiger partial charge in [0.15, 0.2) is 0 Å². The molecular formula is C16H22N2. The van der Waals surface area contributed by atoms with Gasteiger partial charge in [0, 0.05) is 18.1 Å². The zero-order valence-electron chi connectivity index (χ0n) is 11.3. The molecule has 0 amide bonds. The van der Waals surface area contributed by atoms with E-state index in [0.29, 0.717) is 0 Å². The maximum absolute atomic E-state index is 4.48. The second kappa shape index (κ2) is 6.50. The summed E-state index contributed by atoms with van der Waals surface area (Å²) in [5.74, 6) is 0.785. The topological polar surface area (TPSA) is 24.9 Å². The largest absolute Gasteiger partial charge is 0.312 e. The van der Waals surface area contributed by atoms with E-state index < -0.39 is 0 Å². The highest BCUT2D eigenvalue weighted by Gasteiger charge is 2.04. The molecular weight excluding hydrogens is 220 g/mol. The number of hydrogen-bond donors (Lipinski definition) is 1. The van der Waals surface area contributed by atoms with Gasteiger partial charge in [0.1, 0.15) is 0 Å². The molecule has 1 aromatic carbocycles. The Morgan fingerprint density at radius 1 is 1.11 bits per heavy atom. The van der Waals surface area contributed by atoms with Crippen molar-refractivity contribution in [2.45, 2.75) is 33.2 Å². The third-order valence-electron chi connectivity index (χ3n) is 3.62. The van der Waals surface area contributed by atoms with E-state index in [1.807, 2.05) is 12.3 Å². The lowest BCUT2D eigenvalue weighted by atomic mass is 10.0. The van der Waals surface area contributed by atoms with Gasteiger partial charge in [0.05, 0.1) is 5.52 Å². The van der Waals surface area contributed by atoms with E-state index in [4.69, 9.17) is 0 Å². The molecule has 0 radical (unpaired) electrons. The van der Waals surface area contributed by atoms with Gasteiger partial charge in [0.2, 0.25) is 0 Å². The van der Waals surface area contributed by atoms with Crippen molar-refractivity contribution in [1.29, 1.82) is 0 Å². The highest BCUT2D eigenvalue weighted by Crippen LogP contribution is 2.15. The van der Waals surface area contributed by atoms with Crippen LogP contribution in [0.4, 0.5) is 0 Å². The van der Waals surface area contributed by atoms with Gasteiger partial charge >= 0.3 is 0 Å². The SMILES string of the molecule is CCC(CC)CNCc1cccc2cccnc12. The van der Waals surface area contributed by atoms with E-state index >= 15 is 0 Å². The van der Waals surface area contributed by atoms with Gasteiger partial charge in [-0.2, -0.15) is 0 Å². The molecule has 0 aliphatic rings. The molecule has 18 heavy (non-hydrogen) atoms. The smallest absolute Gasteiger partial charge is 0.0746 e. The van der Waals surface area contributed by atoms with Crippen molar-refractivity contribution in [2.24, 2.45) is 5.92 Å². The second-order valence-corrected chi connectivity index (χ2v) is 4.81. The number of benzene rings is 1. The average Bonchev–Trinajstić information content (AvgIpc) is 2.44. The van der Waals surface area contributed by atoms with Gasteiger partial charge in [0.25, 0.3) is 0 Å². The first-order chi connectivity index (χ1) is 8.85. The molecule has 96 valence electrons. The zero-order chi connectivity index (χ0) is 12.8. The number of aromatic nitrogens is 1. The fourth-order valence-electron chi connectivity index (χ4n) is 2.30. The van der Waals surface area contributed by atoms with E-state index in [2.05, 4.69) is 48.4 Å². The zero-order valence-corrected chi connectivity index (χ0v) is 11.3. The lowest BCUT2D eigenvalue weighted by Gasteiger charge is -2.13. The monoisotopic (exact) mass is 242 g/mol. The molecule has 1 N–H and O–H groups in total. The molecule has 0 fully saturated rings. The normalized spacial score (nSPS) is 11.3. The summed E-state index contributed by atoms with van der Waals surface area (Å²) in [6, 6.07) is 10.5. The number of pyridine rings is 1. The van der Waals surface area contributed by atoms with Crippen LogP contribution in [-0.2, 0) is 6.54 Å². The van der Waals surface area contributed by atoms with Crippen LogP contribution in [0.25, 0.3) is 10.9 Å². The van der Waals surface area contributed by atoms with E-state index in [-0.39, 0.29) is 0 Å². The van der Waals surface area contributed by atoms with E-state index in [1.54, 1.807) is 0 Å². The fourth-order valence-corrected chi connectivity index (χ4v) is 2.30. The number of rotatable bonds is 6. The molecule has 0 unspecified atom stereocenters. The van der Waals surface area contributed by atoms with Crippen LogP contribution in [-0.4, -0.2) is 11.5 Å². The first-order valence-electron chi connectivity index (χ1n) is 6.88. The molecule has 0 atom stereocenters. The van der Waals surface area contributed by atoms with Gasteiger partial charge < -0.3 is 5.32 Å². The van der Waals surface area contributed by atoms with Crippen LogP contribution < -0.4 is 5.32 Å². The number of hydrogen-bond acceptors (Lipinski definition) is 2. The first kappa shape index (κ1) is 13.0. The molecule has 0 spiro atoms. The summed E-state index contributed by atoms with van der Waals surface area (Å²) in [6.45, 7) is 6.52. The minimum Gasteiger partial charge on any atom is -0.312 e. The van der Waals surface area contributed by atoms with Gasteiger partial charge in [-0.3, -0.25) is 4.98 Å². The molecule has 0 bridgehead atoms. The molecule has 1 heterocycles. The Morgan fingerprint density at radius 3 is 2.67 bits per heavy atom. The van der Waals surface area contributed by atoms with Crippen molar-refractivity contribution in [1.82, 2.24) is 10.3 Å². The Bertz CT molecular complexity index is 484. The number of nitrogens with zero attached hydrogens (tertiary/aromatic N) is 1. The minimum absolute atomic E-state index is 0.785. The molecule has 2 heteroatoms.